The molecule has 1 unspecified atom stereocenters. The largest absolute Gasteiger partial charge is 0.306 e. The molecule has 1 aromatic rings. The summed E-state index contributed by atoms with van der Waals surface area (Å²) < 4.78 is 1.93. The highest BCUT2D eigenvalue weighted by atomic mass is 35.5. The monoisotopic (exact) mass is 244 g/mol. The highest BCUT2D eigenvalue weighted by Gasteiger charge is 2.13. The van der Waals surface area contributed by atoms with Crippen molar-refractivity contribution in [2.45, 2.75) is 46.3 Å². The van der Waals surface area contributed by atoms with Crippen LogP contribution in [0.3, 0.4) is 0 Å². The van der Waals surface area contributed by atoms with Crippen molar-refractivity contribution in [1.29, 1.82) is 0 Å². The van der Waals surface area contributed by atoms with E-state index in [0.29, 0.717) is 30.4 Å². The second kappa shape index (κ2) is 6.21. The third-order valence-corrected chi connectivity index (χ3v) is 2.96. The molecule has 1 atom stereocenters. The maximum atomic E-state index is 5.90. The summed E-state index contributed by atoms with van der Waals surface area (Å²) in [6.07, 6.45) is 1.60. The molecule has 0 spiro atoms. The Bertz CT molecular complexity index is 309. The van der Waals surface area contributed by atoms with Crippen LogP contribution in [-0.2, 0) is 6.54 Å². The Kier molecular flexibility index (Phi) is 5.22. The fourth-order valence-electron chi connectivity index (χ4n) is 1.52. The van der Waals surface area contributed by atoms with Gasteiger partial charge in [-0.1, -0.05) is 13.8 Å². The predicted molar refractivity (Wildman–Crippen MR) is 66.6 cm³/mol. The van der Waals surface area contributed by atoms with Crippen LogP contribution in [-0.4, -0.2) is 26.7 Å². The van der Waals surface area contributed by atoms with Crippen molar-refractivity contribution in [3.63, 3.8) is 0 Å². The van der Waals surface area contributed by atoms with E-state index in [-0.39, 0.29) is 0 Å². The Hall–Kier alpha value is -0.610. The molecule has 0 aliphatic rings. The van der Waals surface area contributed by atoms with Crippen molar-refractivity contribution in [3.8, 4) is 0 Å². The topological polar surface area (TPSA) is 42.7 Å². The highest BCUT2D eigenvalue weighted by molar-refractivity contribution is 6.18. The first kappa shape index (κ1) is 13.5. The molecular weight excluding hydrogens is 224 g/mol. The van der Waals surface area contributed by atoms with Crippen molar-refractivity contribution in [1.82, 2.24) is 20.1 Å². The number of nitrogens with zero attached hydrogens (tertiary/aromatic N) is 3. The van der Waals surface area contributed by atoms with Gasteiger partial charge in [0.15, 0.2) is 0 Å². The molecule has 92 valence electrons. The fraction of sp³-hybridized carbons (Fsp3) is 0.818. The number of alkyl halides is 1. The quantitative estimate of drug-likeness (QED) is 0.781. The van der Waals surface area contributed by atoms with Gasteiger partial charge in [0.25, 0.3) is 0 Å². The van der Waals surface area contributed by atoms with E-state index in [9.17, 15) is 0 Å². The summed E-state index contributed by atoms with van der Waals surface area (Å²) in [4.78, 5) is 4.25. The van der Waals surface area contributed by atoms with E-state index in [1.54, 1.807) is 6.33 Å². The van der Waals surface area contributed by atoms with Crippen molar-refractivity contribution in [2.75, 3.05) is 5.88 Å². The van der Waals surface area contributed by atoms with Crippen LogP contribution in [0.4, 0.5) is 0 Å². The van der Waals surface area contributed by atoms with Crippen LogP contribution in [0.15, 0.2) is 6.33 Å². The van der Waals surface area contributed by atoms with Gasteiger partial charge in [-0.15, -0.1) is 11.6 Å². The average molecular weight is 245 g/mol. The summed E-state index contributed by atoms with van der Waals surface area (Å²) in [5.41, 5.74) is 0. The molecule has 0 bridgehead atoms. The number of rotatable bonds is 6. The summed E-state index contributed by atoms with van der Waals surface area (Å²) in [6, 6.07) is 0.659. The molecule has 1 N–H and O–H groups in total. The molecule has 1 aromatic heterocycles. The normalized spacial score (nSPS) is 13.7. The molecule has 0 amide bonds. The summed E-state index contributed by atoms with van der Waals surface area (Å²) in [5, 5.41) is 7.61. The SMILES string of the molecule is CC(C)C(CCl)NCc1ncnn1C(C)C. The lowest BCUT2D eigenvalue weighted by molar-refractivity contribution is 0.409. The molecule has 5 heteroatoms. The van der Waals surface area contributed by atoms with E-state index in [1.807, 2.05) is 4.68 Å². The molecule has 1 rings (SSSR count). The lowest BCUT2D eigenvalue weighted by Crippen LogP contribution is -2.35. The highest BCUT2D eigenvalue weighted by Crippen LogP contribution is 2.07. The Morgan fingerprint density at radius 1 is 1.38 bits per heavy atom. The molecule has 16 heavy (non-hydrogen) atoms. The van der Waals surface area contributed by atoms with Crippen molar-refractivity contribution < 1.29 is 0 Å². The van der Waals surface area contributed by atoms with Gasteiger partial charge in [-0.05, 0) is 19.8 Å². The zero-order chi connectivity index (χ0) is 12.1. The average Bonchev–Trinajstić information content (AvgIpc) is 2.66. The van der Waals surface area contributed by atoms with Crippen molar-refractivity contribution in [3.05, 3.63) is 12.2 Å². The summed E-state index contributed by atoms with van der Waals surface area (Å²) in [7, 11) is 0. The predicted octanol–water partition coefficient (Wildman–Crippen LogP) is 2.21. The van der Waals surface area contributed by atoms with Gasteiger partial charge in [0.05, 0.1) is 6.54 Å². The Morgan fingerprint density at radius 3 is 2.56 bits per heavy atom. The maximum absolute atomic E-state index is 5.90. The summed E-state index contributed by atoms with van der Waals surface area (Å²) in [5.74, 6) is 2.10. The minimum Gasteiger partial charge on any atom is -0.306 e. The van der Waals surface area contributed by atoms with Gasteiger partial charge in [-0.25, -0.2) is 9.67 Å². The van der Waals surface area contributed by atoms with Gasteiger partial charge in [-0.3, -0.25) is 0 Å². The van der Waals surface area contributed by atoms with Crippen LogP contribution < -0.4 is 5.32 Å². The molecule has 0 aliphatic heterocycles. The van der Waals surface area contributed by atoms with Crippen LogP contribution in [0.1, 0.15) is 39.6 Å². The Labute approximate surface area is 102 Å². The van der Waals surface area contributed by atoms with E-state index in [2.05, 4.69) is 43.1 Å². The number of hydrogen-bond acceptors (Lipinski definition) is 3. The second-order valence-corrected chi connectivity index (χ2v) is 4.91. The zero-order valence-electron chi connectivity index (χ0n) is 10.4. The van der Waals surface area contributed by atoms with E-state index in [1.165, 1.54) is 0 Å². The number of nitrogens with one attached hydrogen (secondary N) is 1. The van der Waals surface area contributed by atoms with Gasteiger partial charge < -0.3 is 5.32 Å². The molecule has 0 aliphatic carbocycles. The molecule has 4 nitrogen and oxygen atoms in total. The minimum atomic E-state index is 0.318. The Balaban J connectivity index is 2.56. The lowest BCUT2D eigenvalue weighted by Gasteiger charge is -2.20. The number of halogens is 1. The third kappa shape index (κ3) is 3.46. The second-order valence-electron chi connectivity index (χ2n) is 4.60. The fourth-order valence-corrected chi connectivity index (χ4v) is 1.99. The van der Waals surface area contributed by atoms with Gasteiger partial charge >= 0.3 is 0 Å². The van der Waals surface area contributed by atoms with E-state index >= 15 is 0 Å². The van der Waals surface area contributed by atoms with E-state index in [4.69, 9.17) is 11.6 Å². The van der Waals surface area contributed by atoms with E-state index in [0.717, 1.165) is 5.82 Å². The number of hydrogen-bond donors (Lipinski definition) is 1. The third-order valence-electron chi connectivity index (χ3n) is 2.63. The molecule has 0 radical (unpaired) electrons. The molecule has 1 heterocycles. The molecule has 0 saturated carbocycles. The first-order chi connectivity index (χ1) is 7.56. The molecule has 0 aromatic carbocycles. The number of aromatic nitrogens is 3. The smallest absolute Gasteiger partial charge is 0.141 e. The molecule has 0 fully saturated rings. The van der Waals surface area contributed by atoms with Crippen molar-refractivity contribution >= 4 is 11.6 Å². The maximum Gasteiger partial charge on any atom is 0.141 e. The van der Waals surface area contributed by atoms with Crippen LogP contribution in [0.5, 0.6) is 0 Å². The van der Waals surface area contributed by atoms with Gasteiger partial charge in [0, 0.05) is 18.0 Å². The molecule has 0 saturated heterocycles. The summed E-state index contributed by atoms with van der Waals surface area (Å²) >= 11 is 5.90. The van der Waals surface area contributed by atoms with Gasteiger partial charge in [-0.2, -0.15) is 5.10 Å². The summed E-state index contributed by atoms with van der Waals surface area (Å²) in [6.45, 7) is 9.23. The van der Waals surface area contributed by atoms with Crippen molar-refractivity contribution in [2.24, 2.45) is 5.92 Å². The Morgan fingerprint density at radius 2 is 2.06 bits per heavy atom. The first-order valence-corrected chi connectivity index (χ1v) is 6.27. The van der Waals surface area contributed by atoms with Gasteiger partial charge in [0.1, 0.15) is 12.2 Å². The lowest BCUT2D eigenvalue weighted by atomic mass is 10.1. The first-order valence-electron chi connectivity index (χ1n) is 5.74. The minimum absolute atomic E-state index is 0.318. The van der Waals surface area contributed by atoms with Crippen LogP contribution >= 0.6 is 11.6 Å². The molecular formula is C11H21ClN4. The van der Waals surface area contributed by atoms with Gasteiger partial charge in [0.2, 0.25) is 0 Å². The van der Waals surface area contributed by atoms with E-state index < -0.39 is 0 Å². The zero-order valence-corrected chi connectivity index (χ0v) is 11.2. The van der Waals surface area contributed by atoms with Crippen LogP contribution in [0.2, 0.25) is 0 Å². The van der Waals surface area contributed by atoms with Crippen LogP contribution in [0, 0.1) is 5.92 Å². The standard InChI is InChI=1S/C11H21ClN4/c1-8(2)10(5-12)13-6-11-14-7-15-16(11)9(3)4/h7-10,13H,5-6H2,1-4H3. The van der Waals surface area contributed by atoms with Crippen LogP contribution in [0.25, 0.3) is 0 Å².